The second kappa shape index (κ2) is 12.3. The smallest absolute Gasteiger partial charge is 0.265 e. The van der Waals surface area contributed by atoms with E-state index in [4.69, 9.17) is 11.6 Å². The molecule has 4 aromatic rings. The lowest BCUT2D eigenvalue weighted by Crippen LogP contribution is -2.50. The molecule has 1 aliphatic rings. The highest BCUT2D eigenvalue weighted by Crippen LogP contribution is 2.42. The Labute approximate surface area is 245 Å². The van der Waals surface area contributed by atoms with Gasteiger partial charge in [-0.15, -0.1) is 0 Å². The van der Waals surface area contributed by atoms with Crippen LogP contribution in [0.4, 0.5) is 5.69 Å². The van der Waals surface area contributed by atoms with Crippen molar-refractivity contribution in [3.63, 3.8) is 0 Å². The Morgan fingerprint density at radius 2 is 1.61 bits per heavy atom. The van der Waals surface area contributed by atoms with E-state index < -0.39 is 16.1 Å². The van der Waals surface area contributed by atoms with Gasteiger partial charge < -0.3 is 10.2 Å². The monoisotopic (exact) mass is 589 g/mol. The molecular weight excluding hydrogens is 558 g/mol. The summed E-state index contributed by atoms with van der Waals surface area (Å²) in [5.74, 6) is -0.456. The van der Waals surface area contributed by atoms with E-state index in [0.29, 0.717) is 40.4 Å². The van der Waals surface area contributed by atoms with E-state index in [1.54, 1.807) is 35.2 Å². The van der Waals surface area contributed by atoms with Crippen LogP contribution >= 0.6 is 11.6 Å². The molecule has 0 aromatic heterocycles. The number of nitrogens with zero attached hydrogens (tertiary/aromatic N) is 2. The number of carbonyl (C=O) groups is 2. The summed E-state index contributed by atoms with van der Waals surface area (Å²) in [5.41, 5.74) is 2.41. The molecule has 9 heteroatoms. The summed E-state index contributed by atoms with van der Waals surface area (Å²) in [4.78, 5) is 29.1. The average Bonchev–Trinajstić information content (AvgIpc) is 3.19. The molecule has 1 heterocycles. The Morgan fingerprint density at radius 1 is 0.902 bits per heavy atom. The van der Waals surface area contributed by atoms with Crippen molar-refractivity contribution in [2.45, 2.75) is 43.7 Å². The summed E-state index contributed by atoms with van der Waals surface area (Å²) < 4.78 is 28.2. The zero-order chi connectivity index (χ0) is 29.0. The number of nitrogens with one attached hydrogen (secondary N) is 1. The number of likely N-dealkylation sites (N-methyl/N-ethyl adjacent to an activating group) is 1. The van der Waals surface area contributed by atoms with Crippen molar-refractivity contribution in [3.05, 3.63) is 107 Å². The molecule has 0 unspecified atom stereocenters. The minimum atomic E-state index is -3.72. The van der Waals surface area contributed by atoms with Crippen LogP contribution in [0.25, 0.3) is 10.8 Å². The fourth-order valence-corrected chi connectivity index (χ4v) is 7.22. The largest absolute Gasteiger partial charge is 0.355 e. The maximum Gasteiger partial charge on any atom is 0.265 e. The van der Waals surface area contributed by atoms with Gasteiger partial charge in [0.15, 0.2) is 0 Å². The lowest BCUT2D eigenvalue weighted by Gasteiger charge is -2.32. The van der Waals surface area contributed by atoms with Crippen LogP contribution in [0.3, 0.4) is 0 Å². The molecule has 2 amide bonds. The van der Waals surface area contributed by atoms with Crippen LogP contribution < -0.4 is 9.62 Å². The number of sulfonamides is 1. The first-order valence-corrected chi connectivity index (χ1v) is 15.5. The van der Waals surface area contributed by atoms with Gasteiger partial charge in [-0.05, 0) is 54.1 Å². The first-order chi connectivity index (χ1) is 19.8. The van der Waals surface area contributed by atoms with Crippen molar-refractivity contribution in [2.75, 3.05) is 17.4 Å². The molecule has 0 fully saturated rings. The normalized spacial score (nSPS) is 14.1. The van der Waals surface area contributed by atoms with Crippen LogP contribution in [0.2, 0.25) is 5.02 Å². The number of hydrogen-bond acceptors (Lipinski definition) is 4. The van der Waals surface area contributed by atoms with Gasteiger partial charge in [0, 0.05) is 42.9 Å². The number of amides is 2. The van der Waals surface area contributed by atoms with Crippen LogP contribution in [0.15, 0.2) is 95.9 Å². The lowest BCUT2D eigenvalue weighted by molar-refractivity contribution is -0.141. The third kappa shape index (κ3) is 6.09. The Balaban J connectivity index is 1.38. The molecule has 0 saturated heterocycles. The number of benzene rings is 4. The van der Waals surface area contributed by atoms with E-state index in [1.807, 2.05) is 67.6 Å². The van der Waals surface area contributed by atoms with Crippen molar-refractivity contribution in [1.82, 2.24) is 10.2 Å². The lowest BCUT2D eigenvalue weighted by atomic mass is 10.0. The van der Waals surface area contributed by atoms with Gasteiger partial charge in [-0.3, -0.25) is 13.9 Å². The second-order valence-corrected chi connectivity index (χ2v) is 12.3. The molecular formula is C32H32ClN3O4S. The van der Waals surface area contributed by atoms with Crippen LogP contribution in [-0.2, 0) is 32.6 Å². The number of hydrogen-bond donors (Lipinski definition) is 1. The van der Waals surface area contributed by atoms with Gasteiger partial charge in [-0.1, -0.05) is 78.3 Å². The highest BCUT2D eigenvalue weighted by molar-refractivity contribution is 7.93. The van der Waals surface area contributed by atoms with Gasteiger partial charge in [0.05, 0.1) is 10.6 Å². The van der Waals surface area contributed by atoms with Crippen molar-refractivity contribution >= 4 is 49.9 Å². The standard InChI is InChI=1S/C32H32ClN3O4S/c1-2-34-32(38)28(21-23-9-4-3-5-10-23)35(22-24-16-18-26(33)19-17-24)30(37)15-8-20-36-27-13-6-11-25-12-7-14-29(31(25)27)41(36,39)40/h3-7,9-14,16-19,28H,2,8,15,20-22H2,1H3,(H,34,38)/t28-/m0/s1. The minimum absolute atomic E-state index is 0.0800. The van der Waals surface area contributed by atoms with E-state index in [2.05, 4.69) is 5.32 Å². The van der Waals surface area contributed by atoms with Crippen LogP contribution in [0.1, 0.15) is 30.9 Å². The molecule has 212 valence electrons. The first-order valence-electron chi connectivity index (χ1n) is 13.7. The van der Waals surface area contributed by atoms with E-state index in [1.165, 1.54) is 4.31 Å². The quantitative estimate of drug-likeness (QED) is 0.248. The summed E-state index contributed by atoms with van der Waals surface area (Å²) >= 11 is 6.09. The second-order valence-electron chi connectivity index (χ2n) is 10.1. The molecule has 0 radical (unpaired) electrons. The van der Waals surface area contributed by atoms with Crippen molar-refractivity contribution in [2.24, 2.45) is 0 Å². The summed E-state index contributed by atoms with van der Waals surface area (Å²) in [6.07, 6.45) is 0.730. The molecule has 1 aliphatic heterocycles. The van der Waals surface area contributed by atoms with Gasteiger partial charge in [0.1, 0.15) is 6.04 Å². The number of anilines is 1. The topological polar surface area (TPSA) is 86.8 Å². The van der Waals surface area contributed by atoms with Crippen molar-refractivity contribution in [3.8, 4) is 0 Å². The fourth-order valence-electron chi connectivity index (χ4n) is 5.35. The Hall–Kier alpha value is -3.88. The fraction of sp³-hybridized carbons (Fsp3) is 0.250. The zero-order valence-corrected chi connectivity index (χ0v) is 24.4. The molecule has 1 N–H and O–H groups in total. The molecule has 1 atom stereocenters. The molecule has 0 bridgehead atoms. The summed E-state index contributed by atoms with van der Waals surface area (Å²) in [6, 6.07) is 26.9. The molecule has 0 spiro atoms. The molecule has 4 aromatic carbocycles. The molecule has 0 aliphatic carbocycles. The highest BCUT2D eigenvalue weighted by Gasteiger charge is 2.36. The maximum atomic E-state index is 13.9. The molecule has 0 saturated carbocycles. The Bertz CT molecular complexity index is 1650. The predicted octanol–water partition coefficient (Wildman–Crippen LogP) is 5.56. The molecule has 5 rings (SSSR count). The van der Waals surface area contributed by atoms with Crippen LogP contribution in [0, 0.1) is 0 Å². The van der Waals surface area contributed by atoms with Crippen molar-refractivity contribution < 1.29 is 18.0 Å². The van der Waals surface area contributed by atoms with Gasteiger partial charge in [-0.2, -0.15) is 0 Å². The van der Waals surface area contributed by atoms with Gasteiger partial charge in [0.25, 0.3) is 10.0 Å². The van der Waals surface area contributed by atoms with Gasteiger partial charge >= 0.3 is 0 Å². The van der Waals surface area contributed by atoms with E-state index in [-0.39, 0.29) is 31.3 Å². The Morgan fingerprint density at radius 3 is 2.32 bits per heavy atom. The Kier molecular flexibility index (Phi) is 8.61. The third-order valence-corrected chi connectivity index (χ3v) is 9.43. The molecule has 41 heavy (non-hydrogen) atoms. The minimum Gasteiger partial charge on any atom is -0.355 e. The zero-order valence-electron chi connectivity index (χ0n) is 22.8. The van der Waals surface area contributed by atoms with Crippen LogP contribution in [-0.4, -0.2) is 44.3 Å². The van der Waals surface area contributed by atoms with Gasteiger partial charge in [-0.25, -0.2) is 8.42 Å². The number of carbonyl (C=O) groups excluding carboxylic acids is 2. The third-order valence-electron chi connectivity index (χ3n) is 7.32. The van der Waals surface area contributed by atoms with Crippen LogP contribution in [0.5, 0.6) is 0 Å². The number of halogens is 1. The van der Waals surface area contributed by atoms with E-state index in [9.17, 15) is 18.0 Å². The van der Waals surface area contributed by atoms with E-state index >= 15 is 0 Å². The summed E-state index contributed by atoms with van der Waals surface area (Å²) in [6.45, 7) is 2.66. The van der Waals surface area contributed by atoms with E-state index in [0.717, 1.165) is 16.5 Å². The first kappa shape index (κ1) is 28.6. The average molecular weight is 590 g/mol. The maximum absolute atomic E-state index is 13.9. The predicted molar refractivity (Wildman–Crippen MR) is 162 cm³/mol. The SMILES string of the molecule is CCNC(=O)[C@H](Cc1ccccc1)N(Cc1ccc(Cl)cc1)C(=O)CCCN1c2cccc3cccc(c23)S1(=O)=O. The highest BCUT2D eigenvalue weighted by atomic mass is 35.5. The number of rotatable bonds is 11. The summed E-state index contributed by atoms with van der Waals surface area (Å²) in [5, 5.41) is 5.05. The summed E-state index contributed by atoms with van der Waals surface area (Å²) in [7, 11) is -3.72. The van der Waals surface area contributed by atoms with Gasteiger partial charge in [0.2, 0.25) is 11.8 Å². The van der Waals surface area contributed by atoms with Crippen molar-refractivity contribution in [1.29, 1.82) is 0 Å². The molecule has 7 nitrogen and oxygen atoms in total.